The van der Waals surface area contributed by atoms with Gasteiger partial charge in [-0.25, -0.2) is 8.78 Å². The summed E-state index contributed by atoms with van der Waals surface area (Å²) in [6.07, 6.45) is -0.842. The Kier molecular flexibility index (Phi) is 5.36. The Balaban J connectivity index is 1.79. The zero-order valence-electron chi connectivity index (χ0n) is 11.0. The molecule has 0 fully saturated rings. The fourth-order valence-electron chi connectivity index (χ4n) is 1.64. The number of hydrogen-bond acceptors (Lipinski definition) is 3. The molecule has 2 N–H and O–H groups in total. The van der Waals surface area contributed by atoms with Crippen LogP contribution in [0, 0.1) is 11.6 Å². The van der Waals surface area contributed by atoms with E-state index in [0.717, 1.165) is 12.1 Å². The molecular weight excluding hydrogens is 300 g/mol. The highest BCUT2D eigenvalue weighted by Crippen LogP contribution is 2.16. The van der Waals surface area contributed by atoms with Crippen molar-refractivity contribution in [2.45, 2.75) is 6.10 Å². The van der Waals surface area contributed by atoms with Crippen molar-refractivity contribution in [2.75, 3.05) is 18.5 Å². The van der Waals surface area contributed by atoms with E-state index in [1.54, 1.807) is 24.3 Å². The maximum atomic E-state index is 13.4. The van der Waals surface area contributed by atoms with Gasteiger partial charge in [-0.3, -0.25) is 0 Å². The highest BCUT2D eigenvalue weighted by Gasteiger charge is 2.08. The zero-order valence-corrected chi connectivity index (χ0v) is 11.8. The van der Waals surface area contributed by atoms with Crippen LogP contribution in [0.1, 0.15) is 0 Å². The van der Waals surface area contributed by atoms with Crippen LogP contribution in [0.15, 0.2) is 42.5 Å². The number of nitrogens with one attached hydrogen (secondary N) is 1. The van der Waals surface area contributed by atoms with Gasteiger partial charge in [-0.1, -0.05) is 11.6 Å². The number of halogens is 3. The van der Waals surface area contributed by atoms with Crippen molar-refractivity contribution in [3.05, 3.63) is 59.1 Å². The van der Waals surface area contributed by atoms with Crippen molar-refractivity contribution < 1.29 is 18.6 Å². The van der Waals surface area contributed by atoms with E-state index in [1.807, 2.05) is 0 Å². The van der Waals surface area contributed by atoms with Crippen molar-refractivity contribution in [3.8, 4) is 5.75 Å². The molecule has 2 rings (SSSR count). The molecule has 0 saturated heterocycles. The van der Waals surface area contributed by atoms with Gasteiger partial charge in [0.2, 0.25) is 0 Å². The van der Waals surface area contributed by atoms with Gasteiger partial charge in [0.05, 0.1) is 5.69 Å². The summed E-state index contributed by atoms with van der Waals surface area (Å²) in [6.45, 7) is 0.119. The van der Waals surface area contributed by atoms with Crippen LogP contribution >= 0.6 is 11.6 Å². The number of aliphatic hydroxyl groups is 1. The molecule has 2 aromatic carbocycles. The van der Waals surface area contributed by atoms with Crippen LogP contribution < -0.4 is 10.1 Å². The van der Waals surface area contributed by atoms with Crippen LogP contribution in [-0.4, -0.2) is 24.4 Å². The van der Waals surface area contributed by atoms with Crippen molar-refractivity contribution >= 4 is 17.3 Å². The van der Waals surface area contributed by atoms with Crippen LogP contribution in [-0.2, 0) is 0 Å². The molecule has 3 nitrogen and oxygen atoms in total. The van der Waals surface area contributed by atoms with Crippen LogP contribution in [0.2, 0.25) is 5.02 Å². The maximum Gasteiger partial charge on any atom is 0.149 e. The lowest BCUT2D eigenvalue weighted by atomic mass is 10.2. The summed E-state index contributed by atoms with van der Waals surface area (Å²) < 4.78 is 31.5. The Morgan fingerprint density at radius 3 is 2.52 bits per heavy atom. The van der Waals surface area contributed by atoms with Gasteiger partial charge < -0.3 is 15.2 Å². The molecule has 0 amide bonds. The highest BCUT2D eigenvalue weighted by atomic mass is 35.5. The summed E-state index contributed by atoms with van der Waals surface area (Å²) >= 11 is 5.74. The van der Waals surface area contributed by atoms with Crippen molar-refractivity contribution in [1.82, 2.24) is 0 Å². The molecule has 2 aromatic rings. The predicted octanol–water partition coefficient (Wildman–Crippen LogP) is 3.47. The summed E-state index contributed by atoms with van der Waals surface area (Å²) in [6, 6.07) is 9.91. The molecule has 0 radical (unpaired) electrons. The average Bonchev–Trinajstić information content (AvgIpc) is 2.46. The van der Waals surface area contributed by atoms with E-state index in [2.05, 4.69) is 5.32 Å². The Labute approximate surface area is 126 Å². The maximum absolute atomic E-state index is 13.4. The summed E-state index contributed by atoms with van der Waals surface area (Å²) in [7, 11) is 0. The first kappa shape index (κ1) is 15.5. The third-order valence-electron chi connectivity index (χ3n) is 2.72. The molecule has 0 aliphatic heterocycles. The zero-order chi connectivity index (χ0) is 15.2. The quantitative estimate of drug-likeness (QED) is 0.858. The van der Waals surface area contributed by atoms with E-state index in [4.69, 9.17) is 16.3 Å². The molecule has 0 spiro atoms. The van der Waals surface area contributed by atoms with Crippen LogP contribution in [0.25, 0.3) is 0 Å². The predicted molar refractivity (Wildman–Crippen MR) is 77.8 cm³/mol. The fraction of sp³-hybridized carbons (Fsp3) is 0.200. The number of aliphatic hydroxyl groups excluding tert-OH is 1. The van der Waals surface area contributed by atoms with Gasteiger partial charge >= 0.3 is 0 Å². The molecule has 0 aliphatic rings. The minimum absolute atomic E-state index is 0.0391. The largest absolute Gasteiger partial charge is 0.491 e. The lowest BCUT2D eigenvalue weighted by molar-refractivity contribution is 0.117. The van der Waals surface area contributed by atoms with Gasteiger partial charge in [-0.2, -0.15) is 0 Å². The van der Waals surface area contributed by atoms with Gasteiger partial charge in [0.1, 0.15) is 30.1 Å². The van der Waals surface area contributed by atoms with Gasteiger partial charge in [0.15, 0.2) is 0 Å². The van der Waals surface area contributed by atoms with E-state index >= 15 is 0 Å². The number of anilines is 1. The summed E-state index contributed by atoms with van der Waals surface area (Å²) in [5, 5.41) is 13.0. The first-order chi connectivity index (χ1) is 10.0. The molecule has 21 heavy (non-hydrogen) atoms. The molecule has 0 heterocycles. The van der Waals surface area contributed by atoms with Crippen LogP contribution in [0.4, 0.5) is 14.5 Å². The average molecular weight is 314 g/mol. The second-order valence-electron chi connectivity index (χ2n) is 4.42. The molecule has 0 saturated carbocycles. The smallest absolute Gasteiger partial charge is 0.149 e. The molecular formula is C15H14ClF2NO2. The molecule has 112 valence electrons. The minimum Gasteiger partial charge on any atom is -0.491 e. The number of ether oxygens (including phenoxy) is 1. The molecule has 0 aromatic heterocycles. The monoisotopic (exact) mass is 313 g/mol. The highest BCUT2D eigenvalue weighted by molar-refractivity contribution is 6.30. The van der Waals surface area contributed by atoms with Gasteiger partial charge in [0.25, 0.3) is 0 Å². The number of benzene rings is 2. The van der Waals surface area contributed by atoms with E-state index < -0.39 is 17.7 Å². The SMILES string of the molecule is OC(CNc1ccc(F)cc1F)COc1ccc(Cl)cc1. The Morgan fingerprint density at radius 1 is 1.14 bits per heavy atom. The topological polar surface area (TPSA) is 41.5 Å². The van der Waals surface area contributed by atoms with Crippen molar-refractivity contribution in [1.29, 1.82) is 0 Å². The molecule has 1 unspecified atom stereocenters. The van der Waals surface area contributed by atoms with Crippen LogP contribution in [0.3, 0.4) is 0 Å². The first-order valence-electron chi connectivity index (χ1n) is 6.30. The van der Waals surface area contributed by atoms with Crippen molar-refractivity contribution in [2.24, 2.45) is 0 Å². The van der Waals surface area contributed by atoms with E-state index in [1.165, 1.54) is 6.07 Å². The molecule has 6 heteroatoms. The second kappa shape index (κ2) is 7.24. The Morgan fingerprint density at radius 2 is 1.86 bits per heavy atom. The van der Waals surface area contributed by atoms with Gasteiger partial charge in [0, 0.05) is 17.6 Å². The lowest BCUT2D eigenvalue weighted by Gasteiger charge is -2.14. The minimum atomic E-state index is -0.842. The molecule has 0 bridgehead atoms. The third kappa shape index (κ3) is 4.88. The van der Waals surface area contributed by atoms with E-state index in [9.17, 15) is 13.9 Å². The second-order valence-corrected chi connectivity index (χ2v) is 4.86. The summed E-state index contributed by atoms with van der Waals surface area (Å²) in [5.41, 5.74) is 0.127. The van der Waals surface area contributed by atoms with E-state index in [0.29, 0.717) is 10.8 Å². The molecule has 0 aliphatic carbocycles. The third-order valence-corrected chi connectivity index (χ3v) is 2.97. The van der Waals surface area contributed by atoms with Gasteiger partial charge in [-0.05, 0) is 36.4 Å². The number of rotatable bonds is 6. The fourth-order valence-corrected chi connectivity index (χ4v) is 1.77. The Hall–Kier alpha value is -1.85. The van der Waals surface area contributed by atoms with Gasteiger partial charge in [-0.15, -0.1) is 0 Å². The van der Waals surface area contributed by atoms with Crippen molar-refractivity contribution in [3.63, 3.8) is 0 Å². The van der Waals surface area contributed by atoms with E-state index in [-0.39, 0.29) is 18.8 Å². The summed E-state index contributed by atoms with van der Waals surface area (Å²) in [5.74, 6) is -0.781. The normalized spacial score (nSPS) is 12.0. The summed E-state index contributed by atoms with van der Waals surface area (Å²) in [4.78, 5) is 0. The first-order valence-corrected chi connectivity index (χ1v) is 6.68. The molecule has 1 atom stereocenters. The standard InChI is InChI=1S/C15H14ClF2NO2/c16-10-1-4-13(5-2-10)21-9-12(20)8-19-15-6-3-11(17)7-14(15)18/h1-7,12,19-20H,8-9H2. The lowest BCUT2D eigenvalue weighted by Crippen LogP contribution is -2.26. The Bertz CT molecular complexity index is 593. The van der Waals surface area contributed by atoms with Crippen LogP contribution in [0.5, 0.6) is 5.75 Å². The number of hydrogen-bond donors (Lipinski definition) is 2.